The predicted molar refractivity (Wildman–Crippen MR) is 58.5 cm³/mol. The summed E-state index contributed by atoms with van der Waals surface area (Å²) in [4.78, 5) is 11.5. The molecule has 2 bridgehead atoms. The van der Waals surface area contributed by atoms with Crippen molar-refractivity contribution in [2.75, 3.05) is 0 Å². The van der Waals surface area contributed by atoms with Crippen LogP contribution in [0.2, 0.25) is 0 Å². The van der Waals surface area contributed by atoms with Gasteiger partial charge in [0.15, 0.2) is 0 Å². The molecule has 5 atom stereocenters. The first-order chi connectivity index (χ1) is 7.90. The van der Waals surface area contributed by atoms with Gasteiger partial charge in [-0.15, -0.1) is 0 Å². The lowest BCUT2D eigenvalue weighted by Gasteiger charge is -2.24. The first-order valence-electron chi connectivity index (χ1n) is 5.69. The van der Waals surface area contributed by atoms with Crippen LogP contribution in [0, 0.1) is 11.8 Å². The first-order valence-corrected chi connectivity index (χ1v) is 7.16. The zero-order chi connectivity index (χ0) is 12.4. The van der Waals surface area contributed by atoms with E-state index in [2.05, 4.69) is 6.58 Å². The van der Waals surface area contributed by atoms with Crippen LogP contribution in [-0.4, -0.2) is 31.8 Å². The molecule has 3 rings (SSSR count). The molecule has 5 nitrogen and oxygen atoms in total. The van der Waals surface area contributed by atoms with Crippen LogP contribution in [0.3, 0.4) is 0 Å². The number of hydrogen-bond acceptors (Lipinski definition) is 5. The molecular weight excluding hydrogens is 244 g/mol. The normalized spacial score (nSPS) is 44.9. The van der Waals surface area contributed by atoms with E-state index in [9.17, 15) is 13.2 Å². The van der Waals surface area contributed by atoms with Gasteiger partial charge in [0.2, 0.25) is 0 Å². The summed E-state index contributed by atoms with van der Waals surface area (Å²) in [5.74, 6) is -0.338. The van der Waals surface area contributed by atoms with Crippen LogP contribution in [0.25, 0.3) is 0 Å². The van der Waals surface area contributed by atoms with E-state index in [0.717, 1.165) is 6.42 Å². The van der Waals surface area contributed by atoms with E-state index in [4.69, 9.17) is 8.92 Å². The molecule has 2 aliphatic carbocycles. The largest absolute Gasteiger partial charge is 0.456 e. The average molecular weight is 258 g/mol. The SMILES string of the molecule is C=C(C)C(=O)OC1C2CC3C(C2)S(=O)(=O)O[C@@H]31. The Morgan fingerprint density at radius 1 is 1.41 bits per heavy atom. The number of fused-ring (bicyclic) bond motifs is 1. The van der Waals surface area contributed by atoms with E-state index in [1.165, 1.54) is 0 Å². The maximum Gasteiger partial charge on any atom is 0.333 e. The third-order valence-corrected chi connectivity index (χ3v) is 5.78. The lowest BCUT2D eigenvalue weighted by atomic mass is 9.94. The van der Waals surface area contributed by atoms with E-state index >= 15 is 0 Å². The van der Waals surface area contributed by atoms with Gasteiger partial charge in [0.25, 0.3) is 10.1 Å². The summed E-state index contributed by atoms with van der Waals surface area (Å²) in [7, 11) is -3.43. The highest BCUT2D eigenvalue weighted by Gasteiger charge is 2.65. The minimum absolute atomic E-state index is 0.00733. The number of carbonyl (C=O) groups is 1. The van der Waals surface area contributed by atoms with Crippen LogP contribution in [0.4, 0.5) is 0 Å². The van der Waals surface area contributed by atoms with Gasteiger partial charge in [-0.05, 0) is 19.8 Å². The van der Waals surface area contributed by atoms with Gasteiger partial charge in [-0.3, -0.25) is 4.18 Å². The maximum atomic E-state index is 11.7. The van der Waals surface area contributed by atoms with Crippen molar-refractivity contribution in [3.05, 3.63) is 12.2 Å². The molecule has 0 N–H and O–H groups in total. The number of ether oxygens (including phenoxy) is 1. The van der Waals surface area contributed by atoms with Gasteiger partial charge in [0.1, 0.15) is 12.2 Å². The molecule has 3 fully saturated rings. The summed E-state index contributed by atoms with van der Waals surface area (Å²) in [5, 5.41) is -0.378. The third kappa shape index (κ3) is 1.47. The molecule has 0 aromatic rings. The molecule has 0 amide bonds. The van der Waals surface area contributed by atoms with Crippen molar-refractivity contribution in [2.24, 2.45) is 11.8 Å². The smallest absolute Gasteiger partial charge is 0.333 e. The van der Waals surface area contributed by atoms with Gasteiger partial charge >= 0.3 is 5.97 Å². The summed E-state index contributed by atoms with van der Waals surface area (Å²) >= 11 is 0. The molecule has 6 heteroatoms. The molecule has 0 aromatic heterocycles. The lowest BCUT2D eigenvalue weighted by Crippen LogP contribution is -2.37. The summed E-state index contributed by atoms with van der Waals surface area (Å²) in [6, 6.07) is 0. The zero-order valence-electron chi connectivity index (χ0n) is 9.46. The molecule has 94 valence electrons. The average Bonchev–Trinajstić information content (AvgIpc) is 2.81. The second-order valence-corrected chi connectivity index (χ2v) is 6.92. The van der Waals surface area contributed by atoms with Gasteiger partial charge in [-0.1, -0.05) is 6.58 Å². The summed E-state index contributed by atoms with van der Waals surface area (Å²) in [5.41, 5.74) is 0.324. The Bertz CT molecular complexity index is 494. The van der Waals surface area contributed by atoms with Crippen molar-refractivity contribution in [1.82, 2.24) is 0 Å². The highest BCUT2D eigenvalue weighted by molar-refractivity contribution is 7.87. The van der Waals surface area contributed by atoms with Gasteiger partial charge < -0.3 is 4.74 Å². The zero-order valence-corrected chi connectivity index (χ0v) is 10.3. The third-order valence-electron chi connectivity index (χ3n) is 4.01. The predicted octanol–water partition coefficient (Wildman–Crippen LogP) is 0.611. The van der Waals surface area contributed by atoms with Crippen LogP contribution in [0.1, 0.15) is 19.8 Å². The second kappa shape index (κ2) is 3.32. The fraction of sp³-hybridized carbons (Fsp3) is 0.727. The Balaban J connectivity index is 1.83. The Kier molecular flexibility index (Phi) is 2.19. The molecule has 17 heavy (non-hydrogen) atoms. The summed E-state index contributed by atoms with van der Waals surface area (Å²) < 4.78 is 33.7. The summed E-state index contributed by atoms with van der Waals surface area (Å²) in [6.07, 6.45) is 0.449. The molecule has 1 aliphatic heterocycles. The van der Waals surface area contributed by atoms with Crippen molar-refractivity contribution < 1.29 is 22.1 Å². The highest BCUT2D eigenvalue weighted by Crippen LogP contribution is 2.55. The first kappa shape index (κ1) is 11.2. The van der Waals surface area contributed by atoms with Gasteiger partial charge in [0.05, 0.1) is 5.25 Å². The van der Waals surface area contributed by atoms with E-state index in [1.807, 2.05) is 0 Å². The van der Waals surface area contributed by atoms with E-state index in [0.29, 0.717) is 12.0 Å². The van der Waals surface area contributed by atoms with Crippen molar-refractivity contribution in [1.29, 1.82) is 0 Å². The van der Waals surface area contributed by atoms with E-state index in [1.54, 1.807) is 6.92 Å². The Hall–Kier alpha value is -0.880. The lowest BCUT2D eigenvalue weighted by molar-refractivity contribution is -0.150. The molecule has 0 aromatic carbocycles. The maximum absolute atomic E-state index is 11.7. The van der Waals surface area contributed by atoms with Gasteiger partial charge in [-0.25, -0.2) is 4.79 Å². The van der Waals surface area contributed by atoms with Crippen LogP contribution in [0.5, 0.6) is 0 Å². The molecule has 2 saturated carbocycles. The van der Waals surface area contributed by atoms with Crippen molar-refractivity contribution >= 4 is 16.1 Å². The van der Waals surface area contributed by atoms with Crippen LogP contribution in [0.15, 0.2) is 12.2 Å². The van der Waals surface area contributed by atoms with Gasteiger partial charge in [0, 0.05) is 17.4 Å². The van der Waals surface area contributed by atoms with Crippen LogP contribution in [-0.2, 0) is 23.8 Å². The summed E-state index contributed by atoms with van der Waals surface area (Å²) in [6.45, 7) is 5.09. The number of hydrogen-bond donors (Lipinski definition) is 0. The van der Waals surface area contributed by atoms with Crippen molar-refractivity contribution in [3.63, 3.8) is 0 Å². The fourth-order valence-electron chi connectivity index (χ4n) is 3.27. The topological polar surface area (TPSA) is 69.7 Å². The number of carbonyl (C=O) groups excluding carboxylic acids is 1. The fourth-order valence-corrected chi connectivity index (χ4v) is 5.15. The van der Waals surface area contributed by atoms with Gasteiger partial charge in [-0.2, -0.15) is 8.42 Å². The molecule has 3 aliphatic rings. The molecule has 4 unspecified atom stereocenters. The minimum atomic E-state index is -3.43. The number of esters is 1. The second-order valence-electron chi connectivity index (χ2n) is 5.14. The Morgan fingerprint density at radius 3 is 2.76 bits per heavy atom. The van der Waals surface area contributed by atoms with Crippen LogP contribution >= 0.6 is 0 Å². The van der Waals surface area contributed by atoms with E-state index in [-0.39, 0.29) is 17.1 Å². The molecular formula is C11H14O5S. The Morgan fingerprint density at radius 2 is 2.12 bits per heavy atom. The standard InChI is InChI=1S/C11H14O5S/c1-5(2)11(12)15-9-6-3-7-8(4-6)17(13,14)16-10(7)9/h6-10H,1,3-4H2,2H3/t6?,7?,8?,9?,10-/m0/s1. The molecule has 0 radical (unpaired) electrons. The minimum Gasteiger partial charge on any atom is -0.456 e. The van der Waals surface area contributed by atoms with Crippen molar-refractivity contribution in [3.8, 4) is 0 Å². The monoisotopic (exact) mass is 258 g/mol. The van der Waals surface area contributed by atoms with Crippen molar-refractivity contribution in [2.45, 2.75) is 37.2 Å². The number of rotatable bonds is 2. The van der Waals surface area contributed by atoms with E-state index < -0.39 is 28.3 Å². The van der Waals surface area contributed by atoms with Crippen LogP contribution < -0.4 is 0 Å². The quantitative estimate of drug-likeness (QED) is 0.412. The highest BCUT2D eigenvalue weighted by atomic mass is 32.2. The Labute approximate surface area is 99.9 Å². The molecule has 1 saturated heterocycles. The molecule has 0 spiro atoms. The molecule has 1 heterocycles.